The molecular formula is C14H15FN4O3S2. The molecule has 0 saturated heterocycles. The Balaban J connectivity index is 1.78. The van der Waals surface area contributed by atoms with Gasteiger partial charge in [0.05, 0.1) is 23.6 Å². The highest BCUT2D eigenvalue weighted by atomic mass is 32.2. The van der Waals surface area contributed by atoms with Crippen LogP contribution in [0.2, 0.25) is 0 Å². The molecule has 0 bridgehead atoms. The van der Waals surface area contributed by atoms with E-state index in [0.717, 1.165) is 19.6 Å². The van der Waals surface area contributed by atoms with E-state index >= 15 is 0 Å². The first-order valence-electron chi connectivity index (χ1n) is 6.94. The highest BCUT2D eigenvalue weighted by Crippen LogP contribution is 2.41. The number of rotatable bonds is 3. The van der Waals surface area contributed by atoms with Gasteiger partial charge in [-0.25, -0.2) is 9.18 Å². The van der Waals surface area contributed by atoms with Gasteiger partial charge in [-0.2, -0.15) is 8.42 Å². The monoisotopic (exact) mass is 370 g/mol. The molecule has 2 N–H and O–H groups in total. The molecule has 1 aliphatic rings. The first kappa shape index (κ1) is 16.5. The van der Waals surface area contributed by atoms with Crippen molar-refractivity contribution in [3.8, 4) is 0 Å². The van der Waals surface area contributed by atoms with E-state index in [1.807, 2.05) is 17.5 Å². The predicted molar refractivity (Wildman–Crippen MR) is 92.3 cm³/mol. The minimum atomic E-state index is -3.69. The smallest absolute Gasteiger partial charge is 0.326 e. The van der Waals surface area contributed by atoms with Gasteiger partial charge in [0, 0.05) is 25.0 Å². The van der Waals surface area contributed by atoms with Crippen molar-refractivity contribution >= 4 is 44.6 Å². The number of anilines is 3. The molecule has 0 aliphatic carbocycles. The number of nitrogens with zero attached hydrogens (tertiary/aromatic N) is 2. The Hall–Kier alpha value is -2.33. The van der Waals surface area contributed by atoms with Gasteiger partial charge in [-0.15, -0.1) is 11.3 Å². The van der Waals surface area contributed by atoms with Crippen LogP contribution in [0.25, 0.3) is 0 Å². The molecule has 1 aromatic carbocycles. The van der Waals surface area contributed by atoms with E-state index in [1.54, 1.807) is 0 Å². The van der Waals surface area contributed by atoms with Crippen LogP contribution in [0.3, 0.4) is 0 Å². The number of hydrogen-bond donors (Lipinski definition) is 2. The van der Waals surface area contributed by atoms with Crippen molar-refractivity contribution in [1.82, 2.24) is 5.32 Å². The van der Waals surface area contributed by atoms with Gasteiger partial charge in [0.2, 0.25) is 0 Å². The largest absolute Gasteiger partial charge is 0.333 e. The Labute approximate surface area is 142 Å². The van der Waals surface area contributed by atoms with Gasteiger partial charge < -0.3 is 10.6 Å². The van der Waals surface area contributed by atoms with Crippen LogP contribution in [-0.2, 0) is 16.8 Å². The molecule has 3 rings (SSSR count). The van der Waals surface area contributed by atoms with Gasteiger partial charge in [0.1, 0.15) is 5.82 Å². The molecule has 7 nitrogen and oxygen atoms in total. The average Bonchev–Trinajstić information content (AvgIpc) is 3.10. The molecule has 2 aromatic rings. The molecule has 2 heterocycles. The maximum Gasteiger partial charge on any atom is 0.326 e. The standard InChI is InChI=1S/C14H15FN4O3S2/c1-18-12-6-10(15)11(7-13(12)19(2)24(18,21)22)17-14(20)16-8-9-4-3-5-23-9/h3-7H,8H2,1-2H3,(H2,16,17,20). The summed E-state index contributed by atoms with van der Waals surface area (Å²) >= 11 is 1.50. The molecule has 2 amide bonds. The predicted octanol–water partition coefficient (Wildman–Crippen LogP) is 2.34. The molecule has 24 heavy (non-hydrogen) atoms. The van der Waals surface area contributed by atoms with Crippen molar-refractivity contribution in [3.63, 3.8) is 0 Å². The summed E-state index contributed by atoms with van der Waals surface area (Å²) in [7, 11) is -0.975. The van der Waals surface area contributed by atoms with Gasteiger partial charge in [0.15, 0.2) is 0 Å². The van der Waals surface area contributed by atoms with E-state index in [0.29, 0.717) is 12.2 Å². The zero-order chi connectivity index (χ0) is 17.5. The number of amides is 2. The molecule has 0 saturated carbocycles. The fourth-order valence-corrected chi connectivity index (χ4v) is 4.13. The first-order chi connectivity index (χ1) is 11.3. The van der Waals surface area contributed by atoms with Crippen LogP contribution >= 0.6 is 11.3 Å². The van der Waals surface area contributed by atoms with Crippen molar-refractivity contribution in [2.45, 2.75) is 6.54 Å². The Morgan fingerprint density at radius 1 is 1.25 bits per heavy atom. The number of nitrogens with one attached hydrogen (secondary N) is 2. The second-order valence-electron chi connectivity index (χ2n) is 5.15. The van der Waals surface area contributed by atoms with Crippen LogP contribution in [0, 0.1) is 5.82 Å². The molecule has 128 valence electrons. The van der Waals surface area contributed by atoms with E-state index in [4.69, 9.17) is 0 Å². The van der Waals surface area contributed by atoms with Crippen LogP contribution in [0.15, 0.2) is 29.6 Å². The maximum absolute atomic E-state index is 14.2. The lowest BCUT2D eigenvalue weighted by Crippen LogP contribution is -2.32. The Bertz CT molecular complexity index is 884. The lowest BCUT2D eigenvalue weighted by molar-refractivity contribution is 0.251. The van der Waals surface area contributed by atoms with Gasteiger partial charge >= 0.3 is 16.2 Å². The van der Waals surface area contributed by atoms with Crippen molar-refractivity contribution in [1.29, 1.82) is 0 Å². The third-order valence-corrected chi connectivity index (χ3v) is 6.34. The number of urea groups is 1. The summed E-state index contributed by atoms with van der Waals surface area (Å²) in [6.07, 6.45) is 0. The Morgan fingerprint density at radius 2 is 1.92 bits per heavy atom. The highest BCUT2D eigenvalue weighted by Gasteiger charge is 2.36. The Morgan fingerprint density at radius 3 is 2.54 bits per heavy atom. The normalized spacial score (nSPS) is 15.3. The lowest BCUT2D eigenvalue weighted by Gasteiger charge is -2.13. The number of hydrogen-bond acceptors (Lipinski definition) is 4. The number of carbonyl (C=O) groups excluding carboxylic acids is 1. The van der Waals surface area contributed by atoms with Crippen LogP contribution in [0.4, 0.5) is 26.2 Å². The summed E-state index contributed by atoms with van der Waals surface area (Å²) < 4.78 is 40.3. The first-order valence-corrected chi connectivity index (χ1v) is 9.22. The molecule has 0 fully saturated rings. The van der Waals surface area contributed by atoms with Gasteiger partial charge in [-0.1, -0.05) is 6.07 Å². The number of thiophene rings is 1. The van der Waals surface area contributed by atoms with Crippen molar-refractivity contribution in [2.24, 2.45) is 0 Å². The molecule has 10 heteroatoms. The van der Waals surface area contributed by atoms with E-state index in [-0.39, 0.29) is 11.4 Å². The number of carbonyl (C=O) groups is 1. The fourth-order valence-electron chi connectivity index (χ4n) is 2.33. The van der Waals surface area contributed by atoms with Crippen molar-refractivity contribution in [2.75, 3.05) is 28.0 Å². The summed E-state index contributed by atoms with van der Waals surface area (Å²) in [4.78, 5) is 12.9. The SMILES string of the molecule is CN1c2cc(F)c(NC(=O)NCc3cccs3)cc2N(C)S1(=O)=O. The molecule has 0 atom stereocenters. The third kappa shape index (κ3) is 2.78. The zero-order valence-electron chi connectivity index (χ0n) is 12.9. The van der Waals surface area contributed by atoms with Crippen LogP contribution in [0.1, 0.15) is 4.88 Å². The second-order valence-corrected chi connectivity index (χ2v) is 8.17. The summed E-state index contributed by atoms with van der Waals surface area (Å²) in [5, 5.41) is 6.91. The zero-order valence-corrected chi connectivity index (χ0v) is 14.5. The van der Waals surface area contributed by atoms with Gasteiger partial charge in [0.25, 0.3) is 0 Å². The minimum Gasteiger partial charge on any atom is -0.333 e. The fraction of sp³-hybridized carbons (Fsp3) is 0.214. The number of fused-ring (bicyclic) bond motifs is 1. The third-order valence-electron chi connectivity index (χ3n) is 3.69. The average molecular weight is 370 g/mol. The van der Waals surface area contributed by atoms with E-state index in [1.165, 1.54) is 31.5 Å². The van der Waals surface area contributed by atoms with E-state index < -0.39 is 22.1 Å². The van der Waals surface area contributed by atoms with Crippen LogP contribution in [0.5, 0.6) is 0 Å². The van der Waals surface area contributed by atoms with Crippen molar-refractivity contribution in [3.05, 3.63) is 40.3 Å². The van der Waals surface area contributed by atoms with E-state index in [2.05, 4.69) is 10.6 Å². The van der Waals surface area contributed by atoms with Gasteiger partial charge in [-0.05, 0) is 17.5 Å². The maximum atomic E-state index is 14.2. The number of halogens is 1. The summed E-state index contributed by atoms with van der Waals surface area (Å²) in [5.74, 6) is -0.711. The Kier molecular flexibility index (Phi) is 4.10. The highest BCUT2D eigenvalue weighted by molar-refractivity contribution is 7.94. The summed E-state index contributed by atoms with van der Waals surface area (Å²) in [6.45, 7) is 0.326. The molecule has 0 unspecified atom stereocenters. The van der Waals surface area contributed by atoms with Gasteiger partial charge in [-0.3, -0.25) is 8.61 Å². The molecule has 1 aromatic heterocycles. The van der Waals surface area contributed by atoms with Crippen molar-refractivity contribution < 1.29 is 17.6 Å². The topological polar surface area (TPSA) is 81.8 Å². The molecule has 1 aliphatic heterocycles. The van der Waals surface area contributed by atoms with Crippen LogP contribution in [-0.4, -0.2) is 28.5 Å². The quantitative estimate of drug-likeness (QED) is 0.870. The second kappa shape index (κ2) is 5.95. The number of benzene rings is 1. The summed E-state index contributed by atoms with van der Waals surface area (Å²) in [6, 6.07) is 5.56. The van der Waals surface area contributed by atoms with Crippen LogP contribution < -0.4 is 19.2 Å². The van der Waals surface area contributed by atoms with E-state index in [9.17, 15) is 17.6 Å². The lowest BCUT2D eigenvalue weighted by atomic mass is 10.2. The molecule has 0 radical (unpaired) electrons. The summed E-state index contributed by atoms with van der Waals surface area (Å²) in [5.41, 5.74) is 0.432. The molecule has 0 spiro atoms. The molecular weight excluding hydrogens is 355 g/mol. The minimum absolute atomic E-state index is 0.0882.